The van der Waals surface area contributed by atoms with Crippen molar-refractivity contribution in [3.05, 3.63) is 59.2 Å². The molecule has 5 nitrogen and oxygen atoms in total. The maximum Gasteiger partial charge on any atom is 0.416 e. The molecule has 0 N–H and O–H groups in total. The highest BCUT2D eigenvalue weighted by Crippen LogP contribution is 2.61. The molecule has 2 atom stereocenters. The normalized spacial score (nSPS) is 30.9. The van der Waals surface area contributed by atoms with Crippen molar-refractivity contribution < 1.29 is 27.1 Å². The Morgan fingerprint density at radius 1 is 1.09 bits per heavy atom. The van der Waals surface area contributed by atoms with Crippen LogP contribution in [0.3, 0.4) is 0 Å². The molecule has 1 spiro atoms. The van der Waals surface area contributed by atoms with Gasteiger partial charge in [-0.1, -0.05) is 0 Å². The summed E-state index contributed by atoms with van der Waals surface area (Å²) in [6, 6.07) is 5.59. The first-order valence-corrected chi connectivity index (χ1v) is 11.7. The molecule has 4 fully saturated rings. The molecule has 3 heterocycles. The highest BCUT2D eigenvalue weighted by molar-refractivity contribution is 5.51. The fourth-order valence-corrected chi connectivity index (χ4v) is 6.11. The number of benzene rings is 1. The Hall–Kier alpha value is -2.68. The number of hydrogen-bond acceptors (Lipinski definition) is 4. The summed E-state index contributed by atoms with van der Waals surface area (Å²) in [4.78, 5) is 19.5. The smallest absolute Gasteiger partial charge is 0.416 e. The lowest BCUT2D eigenvalue weighted by atomic mass is 9.53. The van der Waals surface area contributed by atoms with Gasteiger partial charge in [-0.05, 0) is 72.9 Å². The van der Waals surface area contributed by atoms with E-state index in [2.05, 4.69) is 9.88 Å². The Morgan fingerprint density at radius 2 is 1.88 bits per heavy atom. The highest BCUT2D eigenvalue weighted by atomic mass is 19.4. The standard InChI is InChI=1S/C25H25F4N3O2/c26-18-7-16(11-30-12-18)17-9-24(10-17)13-31(14-33)23(24)32-6-5-22(32)34-19-3-4-21(25(27,28)29)20(8-19)15-1-2-15/h3-4,7-8,11-12,14-15,17,22-23H,1-2,5-6,9-10,13H2. The Kier molecular flexibility index (Phi) is 4.92. The molecule has 0 bridgehead atoms. The van der Waals surface area contributed by atoms with Crippen LogP contribution in [0.1, 0.15) is 60.6 Å². The lowest BCUT2D eigenvalue weighted by molar-refractivity contribution is -0.243. The molecule has 2 unspecified atom stereocenters. The van der Waals surface area contributed by atoms with E-state index < -0.39 is 11.7 Å². The van der Waals surface area contributed by atoms with Crippen LogP contribution >= 0.6 is 0 Å². The van der Waals surface area contributed by atoms with Gasteiger partial charge in [-0.25, -0.2) is 9.29 Å². The van der Waals surface area contributed by atoms with Gasteiger partial charge >= 0.3 is 6.18 Å². The van der Waals surface area contributed by atoms with Crippen molar-refractivity contribution in [2.45, 2.75) is 62.5 Å². The number of carbonyl (C=O) groups excluding carboxylic acids is 1. The minimum absolute atomic E-state index is 0.0534. The van der Waals surface area contributed by atoms with Gasteiger partial charge in [-0.15, -0.1) is 0 Å². The van der Waals surface area contributed by atoms with Crippen LogP contribution < -0.4 is 4.74 Å². The number of carbonyl (C=O) groups is 1. The number of nitrogens with zero attached hydrogens (tertiary/aromatic N) is 3. The number of hydrogen-bond donors (Lipinski definition) is 0. The molecule has 2 saturated heterocycles. The van der Waals surface area contributed by atoms with Crippen molar-refractivity contribution in [2.75, 3.05) is 13.1 Å². The first-order valence-electron chi connectivity index (χ1n) is 11.7. The van der Waals surface area contributed by atoms with Gasteiger partial charge in [0.2, 0.25) is 6.41 Å². The number of alkyl halides is 3. The third kappa shape index (κ3) is 3.56. The third-order valence-corrected chi connectivity index (χ3v) is 7.93. The maximum absolute atomic E-state index is 13.6. The van der Waals surface area contributed by atoms with E-state index in [-0.39, 0.29) is 35.5 Å². The lowest BCUT2D eigenvalue weighted by Crippen LogP contribution is -2.77. The van der Waals surface area contributed by atoms with Gasteiger partial charge in [-0.2, -0.15) is 13.2 Å². The molecule has 34 heavy (non-hydrogen) atoms. The van der Waals surface area contributed by atoms with Crippen molar-refractivity contribution in [3.63, 3.8) is 0 Å². The van der Waals surface area contributed by atoms with Crippen LogP contribution in [-0.2, 0) is 11.0 Å². The number of halogens is 4. The van der Waals surface area contributed by atoms with Crippen molar-refractivity contribution in [1.29, 1.82) is 0 Å². The molecule has 1 amide bonds. The average Bonchev–Trinajstić information content (AvgIpc) is 3.58. The van der Waals surface area contributed by atoms with Crippen molar-refractivity contribution in [1.82, 2.24) is 14.8 Å². The number of amides is 1. The topological polar surface area (TPSA) is 45.7 Å². The third-order valence-electron chi connectivity index (χ3n) is 7.93. The van der Waals surface area contributed by atoms with Gasteiger partial charge in [0.15, 0.2) is 6.23 Å². The molecular formula is C25H25F4N3O2. The lowest BCUT2D eigenvalue weighted by Gasteiger charge is -2.68. The quantitative estimate of drug-likeness (QED) is 0.441. The molecule has 180 valence electrons. The molecule has 9 heteroatoms. The summed E-state index contributed by atoms with van der Waals surface area (Å²) in [5, 5.41) is 0. The molecule has 6 rings (SSSR count). The maximum atomic E-state index is 13.6. The van der Waals surface area contributed by atoms with E-state index >= 15 is 0 Å². The van der Waals surface area contributed by atoms with Gasteiger partial charge < -0.3 is 9.64 Å². The fraction of sp³-hybridized carbons (Fsp3) is 0.520. The predicted octanol–water partition coefficient (Wildman–Crippen LogP) is 4.89. The van der Waals surface area contributed by atoms with Crippen molar-refractivity contribution in [3.8, 4) is 5.75 Å². The summed E-state index contributed by atoms with van der Waals surface area (Å²) in [7, 11) is 0. The van der Waals surface area contributed by atoms with Gasteiger partial charge in [0.1, 0.15) is 11.6 Å². The van der Waals surface area contributed by atoms with Gasteiger partial charge in [0.25, 0.3) is 0 Å². The molecule has 0 radical (unpaired) electrons. The van der Waals surface area contributed by atoms with E-state index in [1.165, 1.54) is 18.3 Å². The monoisotopic (exact) mass is 475 g/mol. The molecule has 2 aliphatic carbocycles. The molecule has 1 aromatic carbocycles. The zero-order chi connectivity index (χ0) is 23.7. The van der Waals surface area contributed by atoms with Crippen LogP contribution in [0.4, 0.5) is 17.6 Å². The number of ether oxygens (including phenoxy) is 1. The molecule has 4 aliphatic rings. The summed E-state index contributed by atoms with van der Waals surface area (Å²) in [5.41, 5.74) is 0.545. The van der Waals surface area contributed by atoms with Gasteiger partial charge in [-0.3, -0.25) is 9.78 Å². The highest BCUT2D eigenvalue weighted by Gasteiger charge is 2.63. The van der Waals surface area contributed by atoms with Crippen LogP contribution in [0.25, 0.3) is 0 Å². The second kappa shape index (κ2) is 7.66. The number of rotatable bonds is 6. The van der Waals surface area contributed by atoms with Crippen LogP contribution in [0, 0.1) is 11.2 Å². The Bertz CT molecular complexity index is 1110. The minimum Gasteiger partial charge on any atom is -0.475 e. The van der Waals surface area contributed by atoms with E-state index in [0.717, 1.165) is 56.7 Å². The van der Waals surface area contributed by atoms with Gasteiger partial charge in [0, 0.05) is 31.1 Å². The van der Waals surface area contributed by atoms with E-state index in [1.54, 1.807) is 17.2 Å². The second-order valence-corrected chi connectivity index (χ2v) is 10.2. The van der Waals surface area contributed by atoms with Crippen LogP contribution in [-0.4, -0.2) is 46.7 Å². The molecule has 2 aromatic rings. The molecular weight excluding hydrogens is 450 g/mol. The minimum atomic E-state index is -4.38. The average molecular weight is 475 g/mol. The molecule has 2 saturated carbocycles. The molecule has 2 aliphatic heterocycles. The zero-order valence-corrected chi connectivity index (χ0v) is 18.5. The predicted molar refractivity (Wildman–Crippen MR) is 114 cm³/mol. The fourth-order valence-electron chi connectivity index (χ4n) is 6.11. The summed E-state index contributed by atoms with van der Waals surface area (Å²) in [6.45, 7) is 1.40. The summed E-state index contributed by atoms with van der Waals surface area (Å²) < 4.78 is 60.0. The Labute approximate surface area is 194 Å². The number of pyridine rings is 1. The Balaban J connectivity index is 1.17. The second-order valence-electron chi connectivity index (χ2n) is 10.2. The van der Waals surface area contributed by atoms with Gasteiger partial charge in [0.05, 0.1) is 17.9 Å². The molecule has 1 aromatic heterocycles. The van der Waals surface area contributed by atoms with Crippen molar-refractivity contribution in [2.24, 2.45) is 5.41 Å². The number of aromatic nitrogens is 1. The summed E-state index contributed by atoms with van der Waals surface area (Å²) >= 11 is 0. The first kappa shape index (κ1) is 21.8. The zero-order valence-electron chi connectivity index (χ0n) is 18.5. The Morgan fingerprint density at radius 3 is 2.50 bits per heavy atom. The SMILES string of the molecule is O=CN1CC2(CC(c3cncc(F)c3)C2)C1N1CCC1Oc1ccc(C(F)(F)F)c(C2CC2)c1. The number of likely N-dealkylation sites (tertiary alicyclic amines) is 2. The van der Waals surface area contributed by atoms with E-state index in [9.17, 15) is 22.4 Å². The van der Waals surface area contributed by atoms with Crippen LogP contribution in [0.5, 0.6) is 5.75 Å². The summed E-state index contributed by atoms with van der Waals surface area (Å²) in [6.07, 6.45) is 2.92. The summed E-state index contributed by atoms with van der Waals surface area (Å²) in [5.74, 6) is 0.239. The van der Waals surface area contributed by atoms with E-state index in [4.69, 9.17) is 4.74 Å². The first-order chi connectivity index (χ1) is 16.3. The van der Waals surface area contributed by atoms with E-state index in [1.807, 2.05) is 0 Å². The van der Waals surface area contributed by atoms with Crippen LogP contribution in [0.15, 0.2) is 36.7 Å². The van der Waals surface area contributed by atoms with Crippen LogP contribution in [0.2, 0.25) is 0 Å². The van der Waals surface area contributed by atoms with E-state index in [0.29, 0.717) is 17.9 Å². The van der Waals surface area contributed by atoms with Crippen molar-refractivity contribution >= 4 is 6.41 Å². The largest absolute Gasteiger partial charge is 0.475 e.